The van der Waals surface area contributed by atoms with Crippen LogP contribution in [0.3, 0.4) is 0 Å². The maximum absolute atomic E-state index is 12.3. The quantitative estimate of drug-likeness (QED) is 0.494. The van der Waals surface area contributed by atoms with E-state index in [-0.39, 0.29) is 5.75 Å². The molecule has 3 aromatic rings. The second kappa shape index (κ2) is 8.46. The highest BCUT2D eigenvalue weighted by molar-refractivity contribution is 6.01. The summed E-state index contributed by atoms with van der Waals surface area (Å²) in [5.41, 5.74) is 1.79. The summed E-state index contributed by atoms with van der Waals surface area (Å²) in [6.07, 6.45) is 0.348. The molecule has 0 unspecified atom stereocenters. The van der Waals surface area contributed by atoms with E-state index in [0.29, 0.717) is 17.4 Å². The minimum Gasteiger partial charge on any atom is -0.406 e. The van der Waals surface area contributed by atoms with Gasteiger partial charge in [0.15, 0.2) is 0 Å². The summed E-state index contributed by atoms with van der Waals surface area (Å²) in [5, 5.41) is 6.23. The van der Waals surface area contributed by atoms with Gasteiger partial charge in [-0.05, 0) is 86.2 Å². The highest BCUT2D eigenvalue weighted by Gasteiger charge is 2.34. The van der Waals surface area contributed by atoms with E-state index >= 15 is 0 Å². The second-order valence-electron chi connectivity index (χ2n) is 8.56. The molecule has 3 heterocycles. The average molecular weight is 456 g/mol. The van der Waals surface area contributed by atoms with Crippen LogP contribution in [0.5, 0.6) is 5.75 Å². The first-order chi connectivity index (χ1) is 15.8. The Morgan fingerprint density at radius 3 is 2.30 bits per heavy atom. The lowest BCUT2D eigenvalue weighted by molar-refractivity contribution is -0.274. The molecule has 2 aliphatic heterocycles. The SMILES string of the molecule is O=C(Nc1ccc(OC(F)(F)F)cc1)Nc1ccc2nc(N3CC4CCC3CC4)ccc2c1. The monoisotopic (exact) mass is 456 g/mol. The minimum absolute atomic E-state index is 0.338. The number of carbonyl (C=O) groups is 1. The number of hydrogen-bond acceptors (Lipinski definition) is 4. The van der Waals surface area contributed by atoms with Gasteiger partial charge in [-0.25, -0.2) is 9.78 Å². The van der Waals surface area contributed by atoms with Crippen LogP contribution in [0.4, 0.5) is 35.2 Å². The number of fused-ring (bicyclic) bond motifs is 4. The third-order valence-corrected chi connectivity index (χ3v) is 6.28. The first-order valence-corrected chi connectivity index (χ1v) is 10.9. The van der Waals surface area contributed by atoms with Crippen molar-refractivity contribution >= 4 is 34.1 Å². The molecule has 1 aromatic heterocycles. The van der Waals surface area contributed by atoms with Gasteiger partial charge in [-0.2, -0.15) is 0 Å². The van der Waals surface area contributed by atoms with Crippen molar-refractivity contribution in [2.24, 2.45) is 5.92 Å². The molecule has 2 saturated heterocycles. The van der Waals surface area contributed by atoms with E-state index in [4.69, 9.17) is 4.98 Å². The van der Waals surface area contributed by atoms with Gasteiger partial charge < -0.3 is 20.3 Å². The Morgan fingerprint density at radius 2 is 1.64 bits per heavy atom. The number of pyridine rings is 1. The van der Waals surface area contributed by atoms with Gasteiger partial charge in [-0.3, -0.25) is 0 Å². The molecular formula is C24H23F3N4O2. The summed E-state index contributed by atoms with van der Waals surface area (Å²) in [7, 11) is 0. The van der Waals surface area contributed by atoms with Gasteiger partial charge in [0.2, 0.25) is 0 Å². The van der Waals surface area contributed by atoms with Crippen molar-refractivity contribution in [2.75, 3.05) is 22.1 Å². The normalized spacial score (nSPS) is 20.0. The minimum atomic E-state index is -4.76. The molecule has 1 aliphatic carbocycles. The molecule has 0 atom stereocenters. The Kier molecular flexibility index (Phi) is 5.47. The first kappa shape index (κ1) is 21.4. The predicted molar refractivity (Wildman–Crippen MR) is 121 cm³/mol. The van der Waals surface area contributed by atoms with Crippen molar-refractivity contribution in [1.29, 1.82) is 0 Å². The number of alkyl halides is 3. The van der Waals surface area contributed by atoms with Crippen molar-refractivity contribution < 1.29 is 22.7 Å². The van der Waals surface area contributed by atoms with E-state index in [0.717, 1.165) is 41.3 Å². The molecule has 3 fully saturated rings. The number of halogens is 3. The van der Waals surface area contributed by atoms with Crippen LogP contribution in [0.1, 0.15) is 25.7 Å². The summed E-state index contributed by atoms with van der Waals surface area (Å²) < 4.78 is 40.6. The van der Waals surface area contributed by atoms with Gasteiger partial charge in [0.1, 0.15) is 11.6 Å². The van der Waals surface area contributed by atoms with Crippen LogP contribution >= 0.6 is 0 Å². The number of benzene rings is 2. The van der Waals surface area contributed by atoms with E-state index in [1.165, 1.54) is 37.8 Å². The lowest BCUT2D eigenvalue weighted by atomic mass is 9.80. The third kappa shape index (κ3) is 4.97. The molecule has 2 bridgehead atoms. The lowest BCUT2D eigenvalue weighted by Crippen LogP contribution is -2.48. The zero-order chi connectivity index (χ0) is 23.0. The number of nitrogens with one attached hydrogen (secondary N) is 2. The summed E-state index contributed by atoms with van der Waals surface area (Å²) >= 11 is 0. The van der Waals surface area contributed by atoms with Crippen molar-refractivity contribution in [3.8, 4) is 5.75 Å². The molecule has 6 nitrogen and oxygen atoms in total. The van der Waals surface area contributed by atoms with Crippen LogP contribution in [-0.2, 0) is 0 Å². The summed E-state index contributed by atoms with van der Waals surface area (Å²) in [6.45, 7) is 1.08. The number of urea groups is 1. The van der Waals surface area contributed by atoms with Crippen molar-refractivity contribution in [3.63, 3.8) is 0 Å². The second-order valence-corrected chi connectivity index (χ2v) is 8.56. The van der Waals surface area contributed by atoms with Crippen LogP contribution in [-0.4, -0.2) is 30.0 Å². The Hall–Kier alpha value is -3.49. The maximum atomic E-state index is 12.3. The summed E-state index contributed by atoms with van der Waals surface area (Å²) in [6, 6.07) is 14.6. The Morgan fingerprint density at radius 1 is 0.939 bits per heavy atom. The molecule has 2 amide bonds. The highest BCUT2D eigenvalue weighted by atomic mass is 19.4. The number of ether oxygens (including phenoxy) is 1. The fourth-order valence-corrected chi connectivity index (χ4v) is 4.73. The Labute approximate surface area is 188 Å². The van der Waals surface area contributed by atoms with Gasteiger partial charge in [-0.1, -0.05) is 0 Å². The molecule has 1 saturated carbocycles. The fourth-order valence-electron chi connectivity index (χ4n) is 4.73. The zero-order valence-corrected chi connectivity index (χ0v) is 17.7. The Bertz CT molecular complexity index is 1160. The number of anilines is 3. The number of carbonyl (C=O) groups excluding carboxylic acids is 1. The molecule has 6 rings (SSSR count). The van der Waals surface area contributed by atoms with Crippen LogP contribution in [0.15, 0.2) is 54.6 Å². The largest absolute Gasteiger partial charge is 0.573 e. The van der Waals surface area contributed by atoms with Gasteiger partial charge in [0, 0.05) is 29.3 Å². The molecule has 9 heteroatoms. The molecular weight excluding hydrogens is 433 g/mol. The first-order valence-electron chi connectivity index (χ1n) is 10.9. The molecule has 0 spiro atoms. The molecule has 3 aliphatic rings. The topological polar surface area (TPSA) is 66.5 Å². The predicted octanol–water partition coefficient (Wildman–Crippen LogP) is 6.16. The highest BCUT2D eigenvalue weighted by Crippen LogP contribution is 2.37. The van der Waals surface area contributed by atoms with Gasteiger partial charge in [-0.15, -0.1) is 13.2 Å². The standard InChI is InChI=1S/C24H23F3N4O2/c25-24(26,27)33-20-9-4-17(5-10-20)28-23(32)29-18-6-11-21-16(13-18)3-12-22(30-21)31-14-15-1-7-19(31)8-2-15/h3-6,9-13,15,19H,1-2,7-8,14H2,(H2,28,29,32). The van der Waals surface area contributed by atoms with E-state index < -0.39 is 12.4 Å². The van der Waals surface area contributed by atoms with Gasteiger partial charge in [0.25, 0.3) is 0 Å². The molecule has 2 aromatic carbocycles. The number of rotatable bonds is 4. The maximum Gasteiger partial charge on any atom is 0.573 e. The third-order valence-electron chi connectivity index (χ3n) is 6.28. The smallest absolute Gasteiger partial charge is 0.406 e. The lowest BCUT2D eigenvalue weighted by Gasteiger charge is -2.46. The zero-order valence-electron chi connectivity index (χ0n) is 17.7. The number of piperidine rings is 2. The van der Waals surface area contributed by atoms with E-state index in [9.17, 15) is 18.0 Å². The molecule has 33 heavy (non-hydrogen) atoms. The number of amides is 2. The van der Waals surface area contributed by atoms with Gasteiger partial charge in [0.05, 0.1) is 5.52 Å². The number of aromatic nitrogens is 1. The number of nitrogens with zero attached hydrogens (tertiary/aromatic N) is 2. The summed E-state index contributed by atoms with van der Waals surface area (Å²) in [5.74, 6) is 1.42. The van der Waals surface area contributed by atoms with Gasteiger partial charge >= 0.3 is 12.4 Å². The van der Waals surface area contributed by atoms with Crippen molar-refractivity contribution in [3.05, 3.63) is 54.6 Å². The van der Waals surface area contributed by atoms with E-state index in [1.54, 1.807) is 6.07 Å². The van der Waals surface area contributed by atoms with E-state index in [1.807, 2.05) is 24.3 Å². The van der Waals surface area contributed by atoms with Crippen molar-refractivity contribution in [2.45, 2.75) is 38.1 Å². The van der Waals surface area contributed by atoms with E-state index in [2.05, 4.69) is 20.3 Å². The number of hydrogen-bond donors (Lipinski definition) is 2. The molecule has 172 valence electrons. The average Bonchev–Trinajstić information content (AvgIpc) is 2.80. The van der Waals surface area contributed by atoms with Crippen LogP contribution in [0.25, 0.3) is 10.9 Å². The van der Waals surface area contributed by atoms with Crippen LogP contribution in [0, 0.1) is 5.92 Å². The molecule has 2 N–H and O–H groups in total. The fraction of sp³-hybridized carbons (Fsp3) is 0.333. The molecule has 0 radical (unpaired) electrons. The Balaban J connectivity index is 1.23. The summed E-state index contributed by atoms with van der Waals surface area (Å²) in [4.78, 5) is 19.6. The van der Waals surface area contributed by atoms with Crippen LogP contribution in [0.2, 0.25) is 0 Å². The van der Waals surface area contributed by atoms with Crippen LogP contribution < -0.4 is 20.3 Å². The van der Waals surface area contributed by atoms with Crippen molar-refractivity contribution in [1.82, 2.24) is 4.98 Å².